The zero-order valence-electron chi connectivity index (χ0n) is 11.0. The van der Waals surface area contributed by atoms with Crippen LogP contribution >= 0.6 is 22.6 Å². The number of halogens is 1. The van der Waals surface area contributed by atoms with Crippen LogP contribution in [-0.4, -0.2) is 30.2 Å². The molecule has 0 saturated heterocycles. The second-order valence-electron chi connectivity index (χ2n) is 4.37. The minimum Gasteiger partial charge on any atom is -0.392 e. The summed E-state index contributed by atoms with van der Waals surface area (Å²) in [5.74, 6) is 0. The van der Waals surface area contributed by atoms with E-state index in [1.165, 1.54) is 12.1 Å². The number of benzene rings is 1. The van der Waals surface area contributed by atoms with Crippen LogP contribution in [0.3, 0.4) is 0 Å². The van der Waals surface area contributed by atoms with Crippen molar-refractivity contribution >= 4 is 32.7 Å². The first kappa shape index (κ1) is 16.9. The van der Waals surface area contributed by atoms with Crippen molar-refractivity contribution in [3.05, 3.63) is 29.8 Å². The highest BCUT2D eigenvalue weighted by Gasteiger charge is 2.18. The third kappa shape index (κ3) is 5.37. The first-order chi connectivity index (χ1) is 8.86. The molecule has 0 aliphatic carbocycles. The monoisotopic (exact) mass is 398 g/mol. The molecule has 1 rings (SSSR count). The fourth-order valence-electron chi connectivity index (χ4n) is 1.50. The van der Waals surface area contributed by atoms with Gasteiger partial charge < -0.3 is 5.11 Å². The van der Waals surface area contributed by atoms with E-state index in [9.17, 15) is 13.5 Å². The number of hydrogen-bond acceptors (Lipinski definition) is 4. The topological polar surface area (TPSA) is 63.6 Å². The van der Waals surface area contributed by atoms with Gasteiger partial charge in [0.05, 0.1) is 17.6 Å². The van der Waals surface area contributed by atoms with Crippen LogP contribution in [0.25, 0.3) is 0 Å². The fourth-order valence-corrected chi connectivity index (χ4v) is 2.79. The normalized spacial score (nSPS) is 15.2. The van der Waals surface area contributed by atoms with Gasteiger partial charge >= 0.3 is 0 Å². The number of aliphatic hydroxyl groups is 1. The predicted molar refractivity (Wildman–Crippen MR) is 83.0 cm³/mol. The molecule has 0 bridgehead atoms. The minimum atomic E-state index is -3.72. The van der Waals surface area contributed by atoms with Crippen molar-refractivity contribution < 1.29 is 17.7 Å². The van der Waals surface area contributed by atoms with Gasteiger partial charge in [-0.2, -0.15) is 8.42 Å². The maximum Gasteiger partial charge on any atom is 0.296 e. The molecule has 6 heteroatoms. The Kier molecular flexibility index (Phi) is 6.72. The molecule has 19 heavy (non-hydrogen) atoms. The van der Waals surface area contributed by atoms with Crippen molar-refractivity contribution in [1.29, 1.82) is 0 Å². The molecule has 1 aromatic rings. The zero-order chi connectivity index (χ0) is 14.5. The van der Waals surface area contributed by atoms with E-state index < -0.39 is 16.2 Å². The van der Waals surface area contributed by atoms with E-state index in [4.69, 9.17) is 4.18 Å². The summed E-state index contributed by atoms with van der Waals surface area (Å²) in [5, 5.41) is 9.74. The van der Waals surface area contributed by atoms with Gasteiger partial charge in [0.25, 0.3) is 10.1 Å². The first-order valence-electron chi connectivity index (χ1n) is 6.15. The molecule has 108 valence electrons. The molecule has 0 amide bonds. The Bertz CT molecular complexity index is 484. The summed E-state index contributed by atoms with van der Waals surface area (Å²) in [6.07, 6.45) is 0.609. The third-order valence-electron chi connectivity index (χ3n) is 2.77. The lowest BCUT2D eigenvalue weighted by Crippen LogP contribution is -2.22. The Balaban J connectivity index is 2.54. The van der Waals surface area contributed by atoms with Crippen LogP contribution in [0.5, 0.6) is 0 Å². The second kappa shape index (κ2) is 7.56. The average Bonchev–Trinajstić information content (AvgIpc) is 2.37. The highest BCUT2D eigenvalue weighted by Crippen LogP contribution is 2.16. The van der Waals surface area contributed by atoms with Gasteiger partial charge in [-0.1, -0.05) is 47.2 Å². The molecule has 0 spiro atoms. The largest absolute Gasteiger partial charge is 0.392 e. The van der Waals surface area contributed by atoms with Crippen LogP contribution in [0.2, 0.25) is 0 Å². The SMILES string of the molecule is CC[C@@H](I)[C@@H](O)CCOS(=O)(=O)c1ccc(C)cc1. The van der Waals surface area contributed by atoms with Gasteiger partial charge in [-0.05, 0) is 31.9 Å². The summed E-state index contributed by atoms with van der Waals surface area (Å²) in [6.45, 7) is 3.86. The van der Waals surface area contributed by atoms with Crippen LogP contribution in [-0.2, 0) is 14.3 Å². The molecule has 1 aromatic carbocycles. The molecule has 0 aromatic heterocycles. The highest BCUT2D eigenvalue weighted by molar-refractivity contribution is 14.1. The van der Waals surface area contributed by atoms with Crippen LogP contribution < -0.4 is 0 Å². The first-order valence-corrected chi connectivity index (χ1v) is 8.80. The Morgan fingerprint density at radius 3 is 2.42 bits per heavy atom. The number of rotatable bonds is 7. The quantitative estimate of drug-likeness (QED) is 0.436. The van der Waals surface area contributed by atoms with E-state index in [1.54, 1.807) is 12.1 Å². The fraction of sp³-hybridized carbons (Fsp3) is 0.538. The van der Waals surface area contributed by atoms with Crippen molar-refractivity contribution in [1.82, 2.24) is 0 Å². The molecular weight excluding hydrogens is 379 g/mol. The lowest BCUT2D eigenvalue weighted by Gasteiger charge is -2.15. The Morgan fingerprint density at radius 2 is 1.89 bits per heavy atom. The Morgan fingerprint density at radius 1 is 1.32 bits per heavy atom. The van der Waals surface area contributed by atoms with E-state index in [1.807, 2.05) is 13.8 Å². The van der Waals surface area contributed by atoms with Crippen LogP contribution in [0, 0.1) is 6.92 Å². The van der Waals surface area contributed by atoms with Gasteiger partial charge in [0.1, 0.15) is 0 Å². The maximum absolute atomic E-state index is 11.9. The average molecular weight is 398 g/mol. The standard InChI is InChI=1S/C13H19IO4S/c1-3-12(14)13(15)8-9-18-19(16,17)11-6-4-10(2)5-7-11/h4-7,12-13,15H,3,8-9H2,1-2H3/t12-,13+/m1/s1. The van der Waals surface area contributed by atoms with Crippen molar-refractivity contribution in [2.45, 2.75) is 41.6 Å². The van der Waals surface area contributed by atoms with Crippen molar-refractivity contribution in [3.63, 3.8) is 0 Å². The summed E-state index contributed by atoms with van der Waals surface area (Å²) in [6, 6.07) is 6.49. The van der Waals surface area contributed by atoms with E-state index in [2.05, 4.69) is 22.6 Å². The zero-order valence-corrected chi connectivity index (χ0v) is 14.0. The molecule has 0 unspecified atom stereocenters. The Labute approximate surface area is 128 Å². The summed E-state index contributed by atoms with van der Waals surface area (Å²) >= 11 is 2.15. The van der Waals surface area contributed by atoms with Gasteiger partial charge in [0.2, 0.25) is 0 Å². The van der Waals surface area contributed by atoms with E-state index in [0.29, 0.717) is 6.42 Å². The number of alkyl halides is 1. The van der Waals surface area contributed by atoms with Gasteiger partial charge in [0.15, 0.2) is 0 Å². The van der Waals surface area contributed by atoms with Gasteiger partial charge in [-0.25, -0.2) is 0 Å². The molecule has 0 radical (unpaired) electrons. The molecule has 4 nitrogen and oxygen atoms in total. The number of hydrogen-bond donors (Lipinski definition) is 1. The summed E-state index contributed by atoms with van der Waals surface area (Å²) < 4.78 is 28.8. The summed E-state index contributed by atoms with van der Waals surface area (Å²) in [5.41, 5.74) is 0.991. The third-order valence-corrected chi connectivity index (χ3v) is 5.81. The van der Waals surface area contributed by atoms with Gasteiger partial charge in [-0.3, -0.25) is 4.18 Å². The molecule has 0 heterocycles. The van der Waals surface area contributed by atoms with E-state index in [-0.39, 0.29) is 15.4 Å². The number of aliphatic hydroxyl groups excluding tert-OH is 1. The summed E-state index contributed by atoms with van der Waals surface area (Å²) in [4.78, 5) is 0.147. The van der Waals surface area contributed by atoms with Crippen LogP contribution in [0.4, 0.5) is 0 Å². The van der Waals surface area contributed by atoms with E-state index in [0.717, 1.165) is 12.0 Å². The maximum atomic E-state index is 11.9. The summed E-state index contributed by atoms with van der Waals surface area (Å²) in [7, 11) is -3.72. The smallest absolute Gasteiger partial charge is 0.296 e. The van der Waals surface area contributed by atoms with Crippen molar-refractivity contribution in [2.24, 2.45) is 0 Å². The van der Waals surface area contributed by atoms with Gasteiger partial charge in [-0.15, -0.1) is 0 Å². The minimum absolute atomic E-state index is 0.00310. The van der Waals surface area contributed by atoms with Crippen LogP contribution in [0.15, 0.2) is 29.2 Å². The predicted octanol–water partition coefficient (Wildman–Crippen LogP) is 2.66. The second-order valence-corrected chi connectivity index (χ2v) is 7.58. The molecule has 2 atom stereocenters. The van der Waals surface area contributed by atoms with E-state index >= 15 is 0 Å². The molecule has 0 saturated carbocycles. The van der Waals surface area contributed by atoms with Crippen LogP contribution in [0.1, 0.15) is 25.3 Å². The van der Waals surface area contributed by atoms with Crippen molar-refractivity contribution in [2.75, 3.05) is 6.61 Å². The van der Waals surface area contributed by atoms with Crippen molar-refractivity contribution in [3.8, 4) is 0 Å². The Hall–Kier alpha value is -0.180. The lowest BCUT2D eigenvalue weighted by molar-refractivity contribution is 0.141. The molecule has 0 aliphatic rings. The molecule has 0 fully saturated rings. The highest BCUT2D eigenvalue weighted by atomic mass is 127. The lowest BCUT2D eigenvalue weighted by atomic mass is 10.1. The molecule has 0 aliphatic heterocycles. The molecular formula is C13H19IO4S. The van der Waals surface area contributed by atoms with Gasteiger partial charge in [0, 0.05) is 3.92 Å². The number of aryl methyl sites for hydroxylation is 1. The molecule has 1 N–H and O–H groups in total.